The molecule has 78 valence electrons. The van der Waals surface area contributed by atoms with E-state index in [1.165, 1.54) is 0 Å². The number of aliphatic hydroxyl groups is 1. The Kier molecular flexibility index (Phi) is 2.72. The fourth-order valence-corrected chi connectivity index (χ4v) is 2.10. The Morgan fingerprint density at radius 2 is 2.27 bits per heavy atom. The Balaban J connectivity index is 2.45. The summed E-state index contributed by atoms with van der Waals surface area (Å²) >= 11 is 0. The summed E-state index contributed by atoms with van der Waals surface area (Å²) in [7, 11) is 0. The molecule has 1 aliphatic carbocycles. The molecule has 0 amide bonds. The SMILES string of the molecule is N#Cc1ccc2c(c1)CCC[C@@H](N)[C@@H]2O. The zero-order chi connectivity index (χ0) is 10.8. The van der Waals surface area contributed by atoms with E-state index in [-0.39, 0.29) is 6.04 Å². The number of aliphatic hydroxyl groups excluding tert-OH is 1. The molecular weight excluding hydrogens is 188 g/mol. The molecule has 0 aliphatic heterocycles. The molecule has 0 saturated heterocycles. The van der Waals surface area contributed by atoms with Crippen molar-refractivity contribution in [2.24, 2.45) is 5.73 Å². The topological polar surface area (TPSA) is 70.0 Å². The third kappa shape index (κ3) is 1.87. The molecule has 2 rings (SSSR count). The van der Waals surface area contributed by atoms with Gasteiger partial charge in [-0.05, 0) is 42.5 Å². The van der Waals surface area contributed by atoms with Crippen LogP contribution in [0.5, 0.6) is 0 Å². The zero-order valence-corrected chi connectivity index (χ0v) is 8.48. The van der Waals surface area contributed by atoms with Gasteiger partial charge in [0.25, 0.3) is 0 Å². The lowest BCUT2D eigenvalue weighted by Gasteiger charge is -2.17. The van der Waals surface area contributed by atoms with Gasteiger partial charge < -0.3 is 10.8 Å². The maximum Gasteiger partial charge on any atom is 0.0991 e. The lowest BCUT2D eigenvalue weighted by Crippen LogP contribution is -2.27. The van der Waals surface area contributed by atoms with Crippen molar-refractivity contribution in [1.82, 2.24) is 0 Å². The summed E-state index contributed by atoms with van der Waals surface area (Å²) in [5.41, 5.74) is 8.45. The maximum absolute atomic E-state index is 9.97. The monoisotopic (exact) mass is 202 g/mol. The average molecular weight is 202 g/mol. The van der Waals surface area contributed by atoms with Crippen molar-refractivity contribution in [3.8, 4) is 6.07 Å². The quantitative estimate of drug-likeness (QED) is 0.622. The molecule has 3 N–H and O–H groups in total. The number of fused-ring (bicyclic) bond motifs is 1. The molecule has 3 nitrogen and oxygen atoms in total. The van der Waals surface area contributed by atoms with Crippen molar-refractivity contribution in [2.45, 2.75) is 31.4 Å². The van der Waals surface area contributed by atoms with Gasteiger partial charge in [0, 0.05) is 6.04 Å². The number of benzene rings is 1. The van der Waals surface area contributed by atoms with E-state index >= 15 is 0 Å². The number of rotatable bonds is 0. The molecule has 1 aliphatic rings. The molecule has 0 aromatic heterocycles. The summed E-state index contributed by atoms with van der Waals surface area (Å²) in [6.07, 6.45) is 2.11. The second-order valence-corrected chi connectivity index (χ2v) is 4.03. The standard InChI is InChI=1S/C12H14N2O/c13-7-8-4-5-10-9(6-8)2-1-3-11(14)12(10)15/h4-6,11-12,15H,1-3,14H2/t11-,12-/m1/s1. The number of aryl methyl sites for hydroxylation is 1. The van der Waals surface area contributed by atoms with Crippen LogP contribution in [0.25, 0.3) is 0 Å². The molecule has 0 spiro atoms. The highest BCUT2D eigenvalue weighted by atomic mass is 16.3. The minimum Gasteiger partial charge on any atom is -0.387 e. The fraction of sp³-hybridized carbons (Fsp3) is 0.417. The third-order valence-corrected chi connectivity index (χ3v) is 2.98. The van der Waals surface area contributed by atoms with Crippen molar-refractivity contribution < 1.29 is 5.11 Å². The Labute approximate surface area is 89.1 Å². The van der Waals surface area contributed by atoms with Gasteiger partial charge >= 0.3 is 0 Å². The van der Waals surface area contributed by atoms with Gasteiger partial charge in [-0.3, -0.25) is 0 Å². The summed E-state index contributed by atoms with van der Waals surface area (Å²) in [4.78, 5) is 0. The predicted octanol–water partition coefficient (Wildman–Crippen LogP) is 1.26. The van der Waals surface area contributed by atoms with Crippen LogP contribution in [0, 0.1) is 11.3 Å². The smallest absolute Gasteiger partial charge is 0.0991 e. The van der Waals surface area contributed by atoms with E-state index in [1.807, 2.05) is 12.1 Å². The van der Waals surface area contributed by atoms with Crippen molar-refractivity contribution in [1.29, 1.82) is 5.26 Å². The Morgan fingerprint density at radius 1 is 1.47 bits per heavy atom. The van der Waals surface area contributed by atoms with Gasteiger partial charge in [-0.15, -0.1) is 0 Å². The van der Waals surface area contributed by atoms with E-state index in [2.05, 4.69) is 6.07 Å². The van der Waals surface area contributed by atoms with Gasteiger partial charge in [-0.2, -0.15) is 5.26 Å². The summed E-state index contributed by atoms with van der Waals surface area (Å²) in [5.74, 6) is 0. The minimum atomic E-state index is -0.588. The fourth-order valence-electron chi connectivity index (χ4n) is 2.10. The largest absolute Gasteiger partial charge is 0.387 e. The van der Waals surface area contributed by atoms with Gasteiger partial charge in [0.1, 0.15) is 0 Å². The first-order chi connectivity index (χ1) is 7.22. The van der Waals surface area contributed by atoms with Crippen LogP contribution in [0.3, 0.4) is 0 Å². The van der Waals surface area contributed by atoms with Crippen molar-refractivity contribution in [3.05, 3.63) is 34.9 Å². The molecule has 0 radical (unpaired) electrons. The summed E-state index contributed by atoms with van der Waals surface area (Å²) in [6, 6.07) is 7.35. The van der Waals surface area contributed by atoms with Gasteiger partial charge in [0.05, 0.1) is 17.7 Å². The van der Waals surface area contributed by atoms with Crippen LogP contribution in [-0.2, 0) is 6.42 Å². The van der Waals surface area contributed by atoms with Crippen LogP contribution in [0.15, 0.2) is 18.2 Å². The number of nitrogens with zero attached hydrogens (tertiary/aromatic N) is 1. The lowest BCUT2D eigenvalue weighted by molar-refractivity contribution is 0.144. The predicted molar refractivity (Wildman–Crippen MR) is 57.0 cm³/mol. The number of hydrogen-bond donors (Lipinski definition) is 2. The average Bonchev–Trinajstić information content (AvgIpc) is 2.40. The van der Waals surface area contributed by atoms with E-state index in [0.717, 1.165) is 30.4 Å². The molecule has 0 unspecified atom stereocenters. The molecule has 2 atom stereocenters. The molecule has 1 aromatic carbocycles. The van der Waals surface area contributed by atoms with Crippen molar-refractivity contribution in [2.75, 3.05) is 0 Å². The molecule has 0 bridgehead atoms. The number of nitriles is 1. The Morgan fingerprint density at radius 3 is 3.00 bits per heavy atom. The first-order valence-corrected chi connectivity index (χ1v) is 5.19. The van der Waals surface area contributed by atoms with Crippen LogP contribution >= 0.6 is 0 Å². The van der Waals surface area contributed by atoms with Gasteiger partial charge in [-0.25, -0.2) is 0 Å². The summed E-state index contributed by atoms with van der Waals surface area (Å²) in [6.45, 7) is 0. The third-order valence-electron chi connectivity index (χ3n) is 2.98. The molecule has 0 saturated carbocycles. The zero-order valence-electron chi connectivity index (χ0n) is 8.48. The number of hydrogen-bond acceptors (Lipinski definition) is 3. The Bertz CT molecular complexity index is 409. The van der Waals surface area contributed by atoms with Gasteiger partial charge in [0.2, 0.25) is 0 Å². The Hall–Kier alpha value is -1.37. The number of nitrogens with two attached hydrogens (primary N) is 1. The highest BCUT2D eigenvalue weighted by molar-refractivity contribution is 5.40. The molecule has 1 aromatic rings. The van der Waals surface area contributed by atoms with Crippen LogP contribution < -0.4 is 5.73 Å². The molecular formula is C12H14N2O. The van der Waals surface area contributed by atoms with E-state index in [4.69, 9.17) is 11.0 Å². The highest BCUT2D eigenvalue weighted by Crippen LogP contribution is 2.28. The maximum atomic E-state index is 9.97. The molecule has 3 heteroatoms. The van der Waals surface area contributed by atoms with Gasteiger partial charge in [0.15, 0.2) is 0 Å². The molecule has 0 heterocycles. The highest BCUT2D eigenvalue weighted by Gasteiger charge is 2.22. The van der Waals surface area contributed by atoms with Crippen molar-refractivity contribution in [3.63, 3.8) is 0 Å². The van der Waals surface area contributed by atoms with E-state index in [1.54, 1.807) is 6.07 Å². The summed E-state index contributed by atoms with van der Waals surface area (Å²) in [5, 5.41) is 18.8. The van der Waals surface area contributed by atoms with Crippen molar-refractivity contribution >= 4 is 0 Å². The van der Waals surface area contributed by atoms with Crippen LogP contribution in [-0.4, -0.2) is 11.1 Å². The second-order valence-electron chi connectivity index (χ2n) is 4.03. The second kappa shape index (κ2) is 4.01. The van der Waals surface area contributed by atoms with E-state index in [9.17, 15) is 5.11 Å². The van der Waals surface area contributed by atoms with Crippen LogP contribution in [0.2, 0.25) is 0 Å². The van der Waals surface area contributed by atoms with Gasteiger partial charge in [-0.1, -0.05) is 6.07 Å². The van der Waals surface area contributed by atoms with Crippen LogP contribution in [0.1, 0.15) is 35.6 Å². The van der Waals surface area contributed by atoms with Crippen LogP contribution in [0.4, 0.5) is 0 Å². The lowest BCUT2D eigenvalue weighted by atomic mass is 9.97. The molecule has 0 fully saturated rings. The normalized spacial score (nSPS) is 25.1. The van der Waals surface area contributed by atoms with E-state index < -0.39 is 6.10 Å². The minimum absolute atomic E-state index is 0.181. The first-order valence-electron chi connectivity index (χ1n) is 5.19. The summed E-state index contributed by atoms with van der Waals surface area (Å²) < 4.78 is 0. The van der Waals surface area contributed by atoms with E-state index in [0.29, 0.717) is 5.56 Å². The molecule has 15 heavy (non-hydrogen) atoms. The first kappa shape index (κ1) is 10.2.